The quantitative estimate of drug-likeness (QED) is 0.166. The first-order valence-corrected chi connectivity index (χ1v) is 14.1. The van der Waals surface area contributed by atoms with Crippen LogP contribution in [0.4, 0.5) is 4.39 Å². The van der Waals surface area contributed by atoms with Gasteiger partial charge in [-0.05, 0) is 83.8 Å². The fraction of sp³-hybridized carbons (Fsp3) is 0.200. The largest absolute Gasteiger partial charge is 0.508 e. The Labute approximate surface area is 249 Å². The first kappa shape index (κ1) is 29.4. The van der Waals surface area contributed by atoms with E-state index in [0.29, 0.717) is 70.2 Å². The Morgan fingerprint density at radius 1 is 0.907 bits per heavy atom. The lowest BCUT2D eigenvalue weighted by molar-refractivity contribution is 0.0945. The molecule has 2 amide bonds. The molecule has 0 radical (unpaired) electrons. The number of fused-ring (bicyclic) bond motifs is 1. The van der Waals surface area contributed by atoms with Gasteiger partial charge in [0.2, 0.25) is 0 Å². The number of phenols is 1. The van der Waals surface area contributed by atoms with E-state index in [1.807, 2.05) is 38.1 Å². The van der Waals surface area contributed by atoms with Crippen LogP contribution in [-0.2, 0) is 6.42 Å². The van der Waals surface area contributed by atoms with Gasteiger partial charge < -0.3 is 24.9 Å². The standard InChI is InChI=1S/C35H33FN2O5/c1-21(2)20-38-34(40)25-9-14-30(42-17-16-22-4-12-27(39)13-5-22)28(19-25)24-8-15-31-29(18-24)32(35(41)37-3)33(43-31)23-6-10-26(36)11-7-23/h4-15,18-19,21,39H,16-17,20H2,1-3H3,(H,37,41)(H,38,40). The molecule has 0 saturated carbocycles. The highest BCUT2D eigenvalue weighted by Gasteiger charge is 2.23. The second-order valence-electron chi connectivity index (χ2n) is 10.7. The first-order chi connectivity index (χ1) is 20.7. The third-order valence-corrected chi connectivity index (χ3v) is 7.06. The zero-order valence-corrected chi connectivity index (χ0v) is 24.2. The van der Waals surface area contributed by atoms with Gasteiger partial charge in [-0.25, -0.2) is 4.39 Å². The highest BCUT2D eigenvalue weighted by Crippen LogP contribution is 2.38. The van der Waals surface area contributed by atoms with E-state index in [4.69, 9.17) is 9.15 Å². The van der Waals surface area contributed by atoms with Gasteiger partial charge in [-0.2, -0.15) is 0 Å². The van der Waals surface area contributed by atoms with E-state index < -0.39 is 0 Å². The third kappa shape index (κ3) is 6.70. The molecule has 0 unspecified atom stereocenters. The topological polar surface area (TPSA) is 101 Å². The van der Waals surface area contributed by atoms with Crippen LogP contribution in [0, 0.1) is 11.7 Å². The van der Waals surface area contributed by atoms with Crippen molar-refractivity contribution in [2.75, 3.05) is 20.2 Å². The van der Waals surface area contributed by atoms with Crippen LogP contribution in [0.15, 0.2) is 89.3 Å². The molecule has 8 heteroatoms. The summed E-state index contributed by atoms with van der Waals surface area (Å²) in [7, 11) is 1.54. The number of hydrogen-bond acceptors (Lipinski definition) is 5. The minimum atomic E-state index is -0.390. The minimum Gasteiger partial charge on any atom is -0.508 e. The number of phenolic OH excluding ortho intramolecular Hbond substituents is 1. The van der Waals surface area contributed by atoms with Gasteiger partial charge in [0, 0.05) is 42.1 Å². The van der Waals surface area contributed by atoms with Crippen LogP contribution < -0.4 is 15.4 Å². The molecule has 0 aliphatic heterocycles. The Hall–Kier alpha value is -5.11. The smallest absolute Gasteiger partial charge is 0.255 e. The molecule has 0 fully saturated rings. The van der Waals surface area contributed by atoms with E-state index in [0.717, 1.165) is 11.1 Å². The monoisotopic (exact) mass is 580 g/mol. The molecule has 0 spiro atoms. The number of nitrogens with one attached hydrogen (secondary N) is 2. The van der Waals surface area contributed by atoms with E-state index >= 15 is 0 Å². The maximum atomic E-state index is 13.6. The van der Waals surface area contributed by atoms with Crippen molar-refractivity contribution >= 4 is 22.8 Å². The van der Waals surface area contributed by atoms with Crippen molar-refractivity contribution in [3.8, 4) is 33.9 Å². The van der Waals surface area contributed by atoms with Crippen molar-refractivity contribution in [2.45, 2.75) is 20.3 Å². The van der Waals surface area contributed by atoms with E-state index in [-0.39, 0.29) is 23.4 Å². The molecule has 0 bridgehead atoms. The number of aromatic hydroxyl groups is 1. The summed E-state index contributed by atoms with van der Waals surface area (Å²) in [5, 5.41) is 15.8. The Morgan fingerprint density at radius 3 is 2.33 bits per heavy atom. The lowest BCUT2D eigenvalue weighted by Gasteiger charge is -2.15. The fourth-order valence-electron chi connectivity index (χ4n) is 4.78. The van der Waals surface area contributed by atoms with Crippen LogP contribution in [0.1, 0.15) is 40.1 Å². The van der Waals surface area contributed by atoms with Crippen molar-refractivity contribution in [3.63, 3.8) is 0 Å². The van der Waals surface area contributed by atoms with Gasteiger partial charge >= 0.3 is 0 Å². The zero-order chi connectivity index (χ0) is 30.5. The molecule has 1 heterocycles. The Balaban J connectivity index is 1.56. The van der Waals surface area contributed by atoms with Crippen molar-refractivity contribution in [1.29, 1.82) is 0 Å². The molecule has 5 rings (SSSR count). The Kier molecular flexibility index (Phi) is 8.76. The molecular weight excluding hydrogens is 547 g/mol. The number of benzene rings is 4. The number of halogens is 1. The molecule has 0 aliphatic rings. The summed E-state index contributed by atoms with van der Waals surface area (Å²) in [5.74, 6) is 0.474. The molecule has 4 aromatic carbocycles. The van der Waals surface area contributed by atoms with Crippen molar-refractivity contribution in [2.24, 2.45) is 5.92 Å². The third-order valence-electron chi connectivity index (χ3n) is 7.06. The second kappa shape index (κ2) is 12.8. The number of amides is 2. The second-order valence-corrected chi connectivity index (χ2v) is 10.7. The fourth-order valence-corrected chi connectivity index (χ4v) is 4.78. The summed E-state index contributed by atoms with van der Waals surface area (Å²) in [5.41, 5.74) is 4.27. The molecule has 1 aromatic heterocycles. The number of ether oxygens (including phenoxy) is 1. The SMILES string of the molecule is CNC(=O)c1c(-c2ccc(F)cc2)oc2ccc(-c3cc(C(=O)NCC(C)C)ccc3OCCc3ccc(O)cc3)cc12. The highest BCUT2D eigenvalue weighted by atomic mass is 19.1. The maximum Gasteiger partial charge on any atom is 0.255 e. The summed E-state index contributed by atoms with van der Waals surface area (Å²) in [6.07, 6.45) is 0.610. The highest BCUT2D eigenvalue weighted by molar-refractivity contribution is 6.12. The normalized spacial score (nSPS) is 11.1. The van der Waals surface area contributed by atoms with Gasteiger partial charge in [-0.3, -0.25) is 9.59 Å². The lowest BCUT2D eigenvalue weighted by atomic mass is 9.98. The average molecular weight is 581 g/mol. The van der Waals surface area contributed by atoms with Gasteiger partial charge in [0.05, 0.1) is 12.2 Å². The Morgan fingerprint density at radius 2 is 1.63 bits per heavy atom. The predicted molar refractivity (Wildman–Crippen MR) is 165 cm³/mol. The lowest BCUT2D eigenvalue weighted by Crippen LogP contribution is -2.27. The number of furan rings is 1. The summed E-state index contributed by atoms with van der Waals surface area (Å²) < 4.78 is 26.0. The van der Waals surface area contributed by atoms with Crippen LogP contribution in [0.5, 0.6) is 11.5 Å². The summed E-state index contributed by atoms with van der Waals surface area (Å²) in [4.78, 5) is 26.1. The van der Waals surface area contributed by atoms with Crippen molar-refractivity contribution in [3.05, 3.63) is 107 Å². The summed E-state index contributed by atoms with van der Waals surface area (Å²) >= 11 is 0. The zero-order valence-electron chi connectivity index (χ0n) is 24.2. The molecule has 3 N–H and O–H groups in total. The number of hydrogen-bond donors (Lipinski definition) is 3. The minimum absolute atomic E-state index is 0.195. The van der Waals surface area contributed by atoms with Gasteiger partial charge in [0.1, 0.15) is 28.7 Å². The van der Waals surface area contributed by atoms with E-state index in [1.54, 1.807) is 55.6 Å². The molecule has 0 atom stereocenters. The maximum absolute atomic E-state index is 13.6. The summed E-state index contributed by atoms with van der Waals surface area (Å²) in [6.45, 7) is 4.97. The van der Waals surface area contributed by atoms with E-state index in [1.165, 1.54) is 12.1 Å². The van der Waals surface area contributed by atoms with E-state index in [2.05, 4.69) is 10.6 Å². The molecule has 220 valence electrons. The molecule has 7 nitrogen and oxygen atoms in total. The average Bonchev–Trinajstić information content (AvgIpc) is 3.39. The van der Waals surface area contributed by atoms with Crippen LogP contribution in [0.25, 0.3) is 33.4 Å². The molecular formula is C35H33FN2O5. The van der Waals surface area contributed by atoms with Crippen LogP contribution in [-0.4, -0.2) is 37.1 Å². The molecule has 5 aromatic rings. The van der Waals surface area contributed by atoms with Crippen molar-refractivity contribution < 1.29 is 28.2 Å². The van der Waals surface area contributed by atoms with Gasteiger partial charge in [-0.1, -0.05) is 32.0 Å². The van der Waals surface area contributed by atoms with Crippen LogP contribution >= 0.6 is 0 Å². The van der Waals surface area contributed by atoms with Crippen LogP contribution in [0.2, 0.25) is 0 Å². The molecule has 0 aliphatic carbocycles. The van der Waals surface area contributed by atoms with Crippen LogP contribution in [0.3, 0.4) is 0 Å². The van der Waals surface area contributed by atoms with Gasteiger partial charge in [-0.15, -0.1) is 0 Å². The number of rotatable bonds is 10. The molecule has 0 saturated heterocycles. The van der Waals surface area contributed by atoms with Gasteiger partial charge in [0.25, 0.3) is 11.8 Å². The van der Waals surface area contributed by atoms with Gasteiger partial charge in [0.15, 0.2) is 0 Å². The van der Waals surface area contributed by atoms with E-state index in [9.17, 15) is 19.1 Å². The number of carbonyl (C=O) groups excluding carboxylic acids is 2. The van der Waals surface area contributed by atoms with Crippen molar-refractivity contribution in [1.82, 2.24) is 10.6 Å². The number of carbonyl (C=O) groups is 2. The summed E-state index contributed by atoms with van der Waals surface area (Å²) in [6, 6.07) is 23.5. The molecule has 43 heavy (non-hydrogen) atoms. The Bertz CT molecular complexity index is 1760. The first-order valence-electron chi connectivity index (χ1n) is 14.1. The predicted octanol–water partition coefficient (Wildman–Crippen LogP) is 6.98.